The first-order valence-corrected chi connectivity index (χ1v) is 8.05. The molecule has 4 rings (SSSR count). The largest absolute Gasteiger partial charge is 0.497 e. The summed E-state index contributed by atoms with van der Waals surface area (Å²) in [7, 11) is 1.61. The number of ether oxygens (including phenoxy) is 3. The lowest BCUT2D eigenvalue weighted by Crippen LogP contribution is -2.30. The molecule has 2 aromatic carbocycles. The molecule has 0 bridgehead atoms. The smallest absolute Gasteiger partial charge is 0.237 e. The van der Waals surface area contributed by atoms with Crippen LogP contribution in [0.4, 0.5) is 5.69 Å². The van der Waals surface area contributed by atoms with E-state index in [0.717, 1.165) is 11.3 Å². The molecular formula is C19H17NO5. The van der Waals surface area contributed by atoms with Crippen LogP contribution in [0.25, 0.3) is 0 Å². The fraction of sp³-hybridized carbons (Fsp3) is 0.263. The maximum Gasteiger partial charge on any atom is 0.237 e. The molecule has 2 amide bonds. The Labute approximate surface area is 144 Å². The van der Waals surface area contributed by atoms with Crippen LogP contribution >= 0.6 is 0 Å². The molecule has 128 valence electrons. The Morgan fingerprint density at radius 1 is 1.08 bits per heavy atom. The minimum absolute atomic E-state index is 0.154. The highest BCUT2D eigenvalue weighted by Crippen LogP contribution is 2.37. The molecular weight excluding hydrogens is 322 g/mol. The number of benzene rings is 2. The van der Waals surface area contributed by atoms with E-state index in [4.69, 9.17) is 14.2 Å². The average molecular weight is 339 g/mol. The number of hydrogen-bond acceptors (Lipinski definition) is 5. The van der Waals surface area contributed by atoms with Crippen LogP contribution in [0, 0.1) is 5.92 Å². The fourth-order valence-corrected chi connectivity index (χ4v) is 3.20. The molecule has 6 heteroatoms. The average Bonchev–Trinajstić information content (AvgIpc) is 3.19. The van der Waals surface area contributed by atoms with Gasteiger partial charge in [-0.05, 0) is 36.2 Å². The predicted molar refractivity (Wildman–Crippen MR) is 89.9 cm³/mol. The highest BCUT2D eigenvalue weighted by Gasteiger charge is 2.39. The molecule has 0 spiro atoms. The lowest BCUT2D eigenvalue weighted by Gasteiger charge is -2.15. The van der Waals surface area contributed by atoms with Gasteiger partial charge in [-0.2, -0.15) is 0 Å². The third-order valence-corrected chi connectivity index (χ3v) is 4.50. The highest BCUT2D eigenvalue weighted by molar-refractivity contribution is 6.21. The van der Waals surface area contributed by atoms with Gasteiger partial charge in [-0.15, -0.1) is 0 Å². The maximum absolute atomic E-state index is 12.8. The first-order chi connectivity index (χ1) is 12.2. The quantitative estimate of drug-likeness (QED) is 0.801. The summed E-state index contributed by atoms with van der Waals surface area (Å²) in [5, 5.41) is 0. The summed E-state index contributed by atoms with van der Waals surface area (Å²) in [5.74, 6) is 1.21. The van der Waals surface area contributed by atoms with Gasteiger partial charge in [0.2, 0.25) is 18.6 Å². The molecule has 2 aromatic rings. The van der Waals surface area contributed by atoms with E-state index in [1.54, 1.807) is 25.3 Å². The zero-order chi connectivity index (χ0) is 17.4. The van der Waals surface area contributed by atoms with Crippen LogP contribution in [0.1, 0.15) is 12.0 Å². The lowest BCUT2D eigenvalue weighted by molar-refractivity contribution is -0.122. The van der Waals surface area contributed by atoms with Crippen molar-refractivity contribution in [2.24, 2.45) is 5.92 Å². The van der Waals surface area contributed by atoms with Crippen LogP contribution in [-0.2, 0) is 16.0 Å². The van der Waals surface area contributed by atoms with Crippen molar-refractivity contribution in [3.05, 3.63) is 48.0 Å². The Hall–Kier alpha value is -3.02. The molecule has 1 unspecified atom stereocenters. The number of imide groups is 1. The van der Waals surface area contributed by atoms with Crippen LogP contribution in [0.15, 0.2) is 42.5 Å². The first kappa shape index (κ1) is 15.5. The van der Waals surface area contributed by atoms with Crippen LogP contribution in [0.2, 0.25) is 0 Å². The van der Waals surface area contributed by atoms with Gasteiger partial charge in [-0.25, -0.2) is 0 Å². The summed E-state index contributed by atoms with van der Waals surface area (Å²) in [5.41, 5.74) is 1.52. The van der Waals surface area contributed by atoms with E-state index in [-0.39, 0.29) is 30.9 Å². The van der Waals surface area contributed by atoms with E-state index in [1.165, 1.54) is 4.90 Å². The van der Waals surface area contributed by atoms with Crippen LogP contribution < -0.4 is 19.1 Å². The summed E-state index contributed by atoms with van der Waals surface area (Å²) in [6, 6.07) is 12.6. The van der Waals surface area contributed by atoms with Crippen molar-refractivity contribution in [3.63, 3.8) is 0 Å². The van der Waals surface area contributed by atoms with E-state index in [0.29, 0.717) is 23.6 Å². The van der Waals surface area contributed by atoms with Crippen molar-refractivity contribution in [2.45, 2.75) is 12.8 Å². The molecule has 0 radical (unpaired) electrons. The summed E-state index contributed by atoms with van der Waals surface area (Å²) < 4.78 is 15.7. The van der Waals surface area contributed by atoms with Gasteiger partial charge in [0.25, 0.3) is 0 Å². The van der Waals surface area contributed by atoms with Crippen molar-refractivity contribution in [1.29, 1.82) is 0 Å². The second-order valence-electron chi connectivity index (χ2n) is 6.06. The normalized spacial score (nSPS) is 18.8. The van der Waals surface area contributed by atoms with Gasteiger partial charge in [0.15, 0.2) is 11.5 Å². The molecule has 1 fully saturated rings. The highest BCUT2D eigenvalue weighted by atomic mass is 16.7. The monoisotopic (exact) mass is 339 g/mol. The van der Waals surface area contributed by atoms with Crippen LogP contribution in [0.5, 0.6) is 17.2 Å². The van der Waals surface area contributed by atoms with Crippen LogP contribution in [0.3, 0.4) is 0 Å². The molecule has 6 nitrogen and oxygen atoms in total. The molecule has 0 aliphatic carbocycles. The number of amides is 2. The Kier molecular flexibility index (Phi) is 3.80. The fourth-order valence-electron chi connectivity index (χ4n) is 3.20. The van der Waals surface area contributed by atoms with Gasteiger partial charge in [0, 0.05) is 12.5 Å². The van der Waals surface area contributed by atoms with Gasteiger partial charge in [-0.3, -0.25) is 14.5 Å². The minimum atomic E-state index is -0.355. The SMILES string of the molecule is COc1ccc(CC2CC(=O)N(c3ccc4c(c3)OCO4)C2=O)cc1. The van der Waals surface area contributed by atoms with Gasteiger partial charge >= 0.3 is 0 Å². The molecule has 0 saturated carbocycles. The first-order valence-electron chi connectivity index (χ1n) is 8.05. The second-order valence-corrected chi connectivity index (χ2v) is 6.06. The summed E-state index contributed by atoms with van der Waals surface area (Å²) in [4.78, 5) is 26.4. The van der Waals surface area contributed by atoms with Gasteiger partial charge in [0.1, 0.15) is 5.75 Å². The topological polar surface area (TPSA) is 65.1 Å². The Bertz CT molecular complexity index is 830. The number of nitrogens with zero attached hydrogens (tertiary/aromatic N) is 1. The number of anilines is 1. The van der Waals surface area contributed by atoms with Crippen LogP contribution in [-0.4, -0.2) is 25.7 Å². The number of rotatable bonds is 4. The molecule has 0 aromatic heterocycles. The minimum Gasteiger partial charge on any atom is -0.497 e. The summed E-state index contributed by atoms with van der Waals surface area (Å²) in [6.07, 6.45) is 0.731. The molecule has 2 aliphatic heterocycles. The number of fused-ring (bicyclic) bond motifs is 1. The zero-order valence-corrected chi connectivity index (χ0v) is 13.7. The van der Waals surface area contributed by atoms with E-state index >= 15 is 0 Å². The molecule has 2 aliphatic rings. The predicted octanol–water partition coefficient (Wildman–Crippen LogP) is 2.55. The third-order valence-electron chi connectivity index (χ3n) is 4.50. The molecule has 1 atom stereocenters. The van der Waals surface area contributed by atoms with Crippen molar-refractivity contribution in [1.82, 2.24) is 0 Å². The zero-order valence-electron chi connectivity index (χ0n) is 13.7. The number of methoxy groups -OCH3 is 1. The Morgan fingerprint density at radius 2 is 1.84 bits per heavy atom. The lowest BCUT2D eigenvalue weighted by atomic mass is 9.98. The number of carbonyl (C=O) groups excluding carboxylic acids is 2. The van der Waals surface area contributed by atoms with E-state index in [9.17, 15) is 9.59 Å². The molecule has 2 heterocycles. The van der Waals surface area contributed by atoms with Crippen molar-refractivity contribution < 1.29 is 23.8 Å². The maximum atomic E-state index is 12.8. The van der Waals surface area contributed by atoms with Gasteiger partial charge in [-0.1, -0.05) is 12.1 Å². The van der Waals surface area contributed by atoms with E-state index in [2.05, 4.69) is 0 Å². The summed E-state index contributed by atoms with van der Waals surface area (Å²) in [6.45, 7) is 0.154. The number of carbonyl (C=O) groups is 2. The Balaban J connectivity index is 1.53. The molecule has 25 heavy (non-hydrogen) atoms. The second kappa shape index (κ2) is 6.12. The van der Waals surface area contributed by atoms with E-state index in [1.807, 2.05) is 24.3 Å². The van der Waals surface area contributed by atoms with Crippen molar-refractivity contribution in [2.75, 3.05) is 18.8 Å². The van der Waals surface area contributed by atoms with E-state index < -0.39 is 0 Å². The summed E-state index contributed by atoms with van der Waals surface area (Å²) >= 11 is 0. The van der Waals surface area contributed by atoms with Crippen molar-refractivity contribution in [3.8, 4) is 17.2 Å². The Morgan fingerprint density at radius 3 is 2.60 bits per heavy atom. The molecule has 1 saturated heterocycles. The van der Waals surface area contributed by atoms with Gasteiger partial charge in [0.05, 0.1) is 18.7 Å². The van der Waals surface area contributed by atoms with Gasteiger partial charge < -0.3 is 14.2 Å². The standard InChI is InChI=1S/C19H17NO5/c1-23-15-5-2-12(3-6-15)8-13-9-18(21)20(19(13)22)14-4-7-16-17(10-14)25-11-24-16/h2-7,10,13H,8-9,11H2,1H3. The number of hydrogen-bond donors (Lipinski definition) is 0. The third kappa shape index (κ3) is 2.80. The van der Waals surface area contributed by atoms with Crippen molar-refractivity contribution >= 4 is 17.5 Å². The molecule has 0 N–H and O–H groups in total.